The van der Waals surface area contributed by atoms with Crippen LogP contribution in [0, 0.1) is 11.7 Å². The van der Waals surface area contributed by atoms with Gasteiger partial charge in [-0.15, -0.1) is 0 Å². The number of ether oxygens (including phenoxy) is 1. The lowest BCUT2D eigenvalue weighted by molar-refractivity contribution is -0.125. The number of hydrogen-bond acceptors (Lipinski definition) is 6. The van der Waals surface area contributed by atoms with Crippen LogP contribution in [0.4, 0.5) is 23.2 Å². The largest absolute Gasteiger partial charge is 0.496 e. The number of nitrogens with two attached hydrogens (primary N) is 1. The molecule has 3 aliphatic rings. The molecule has 7 rings (SSSR count). The van der Waals surface area contributed by atoms with Crippen LogP contribution in [0.15, 0.2) is 65.6 Å². The van der Waals surface area contributed by atoms with E-state index in [9.17, 15) is 22.4 Å². The van der Waals surface area contributed by atoms with E-state index in [1.165, 1.54) is 30.3 Å². The number of alkyl halides is 3. The average Bonchev–Trinajstić information content (AvgIpc) is 3.31. The molecule has 4 aromatic rings. The van der Waals surface area contributed by atoms with Crippen molar-refractivity contribution in [2.45, 2.75) is 31.0 Å². The second-order valence-electron chi connectivity index (χ2n) is 11.2. The maximum absolute atomic E-state index is 13.7. The zero-order chi connectivity index (χ0) is 30.7. The predicted octanol–water partition coefficient (Wildman–Crippen LogP) is 6.95. The minimum absolute atomic E-state index is 0.137. The molecule has 0 saturated heterocycles. The summed E-state index contributed by atoms with van der Waals surface area (Å²) in [5, 5.41) is 7.33. The highest BCUT2D eigenvalue weighted by atomic mass is 19.4. The highest BCUT2D eigenvalue weighted by molar-refractivity contribution is 6.03. The minimum Gasteiger partial charge on any atom is -0.496 e. The van der Waals surface area contributed by atoms with Gasteiger partial charge in [0.1, 0.15) is 29.5 Å². The van der Waals surface area contributed by atoms with Crippen LogP contribution < -0.4 is 21.2 Å². The quantitative estimate of drug-likeness (QED) is 0.0841. The molecule has 0 atom stereocenters. The Morgan fingerprint density at radius 3 is 2.37 bits per heavy atom. The Morgan fingerprint density at radius 1 is 1.12 bits per heavy atom. The summed E-state index contributed by atoms with van der Waals surface area (Å²) < 4.78 is 65.4. The van der Waals surface area contributed by atoms with Crippen LogP contribution in [0.2, 0.25) is 0 Å². The molecule has 2 bridgehead atoms. The summed E-state index contributed by atoms with van der Waals surface area (Å²) in [5.41, 5.74) is 2.75. The second kappa shape index (κ2) is 10.3. The van der Waals surface area contributed by atoms with Crippen molar-refractivity contribution in [1.82, 2.24) is 10.3 Å². The first kappa shape index (κ1) is 28.6. The fourth-order valence-corrected chi connectivity index (χ4v) is 6.07. The molecule has 0 spiro atoms. The van der Waals surface area contributed by atoms with Gasteiger partial charge in [0.2, 0.25) is 0 Å². The summed E-state index contributed by atoms with van der Waals surface area (Å²) in [4.78, 5) is 13.6. The number of hydrogen-bond donors (Lipinski definition) is 3. The Labute approximate surface area is 245 Å². The molecule has 3 aliphatic carbocycles. The molecule has 0 radical (unpaired) electrons. The molecule has 11 heteroatoms. The van der Waals surface area contributed by atoms with Gasteiger partial charge in [-0.25, -0.2) is 10.2 Å². The molecule has 224 valence electrons. The van der Waals surface area contributed by atoms with Gasteiger partial charge >= 0.3 is 6.18 Å². The average molecular weight is 595 g/mol. The highest BCUT2D eigenvalue weighted by Gasteiger charge is 2.61. The van der Waals surface area contributed by atoms with Crippen LogP contribution in [0.1, 0.15) is 35.2 Å². The summed E-state index contributed by atoms with van der Waals surface area (Å²) in [6.07, 6.45) is -1.93. The molecule has 3 aromatic carbocycles. The van der Waals surface area contributed by atoms with Gasteiger partial charge in [-0.1, -0.05) is 12.6 Å². The van der Waals surface area contributed by atoms with Gasteiger partial charge < -0.3 is 19.8 Å². The van der Waals surface area contributed by atoms with Crippen molar-refractivity contribution in [3.63, 3.8) is 0 Å². The monoisotopic (exact) mass is 594 g/mol. The number of nitrogens with zero attached hydrogens (tertiary/aromatic N) is 1. The van der Waals surface area contributed by atoms with Crippen LogP contribution in [0.3, 0.4) is 0 Å². The van der Waals surface area contributed by atoms with Gasteiger partial charge in [-0.3, -0.25) is 9.80 Å². The summed E-state index contributed by atoms with van der Waals surface area (Å²) in [6.45, 7) is 2.80. The SMILES string of the molecule is C=C(NC)c1c(-c2ccc(F)cc2)oc2cc(NCC(F)(F)F)c(-c3ccc(OC)c(C(=O)N(N)C45CC(C4)C5)c3)cc12. The molecular formula is C32H30F4N4O3. The summed E-state index contributed by atoms with van der Waals surface area (Å²) in [5.74, 6) is 6.73. The van der Waals surface area contributed by atoms with Gasteiger partial charge in [0.05, 0.1) is 23.8 Å². The first-order valence-electron chi connectivity index (χ1n) is 13.7. The van der Waals surface area contributed by atoms with Crippen molar-refractivity contribution >= 4 is 28.3 Å². The maximum Gasteiger partial charge on any atom is 0.405 e. The molecule has 1 heterocycles. The zero-order valence-electron chi connectivity index (χ0n) is 23.6. The van der Waals surface area contributed by atoms with Crippen LogP contribution in [0.5, 0.6) is 5.75 Å². The van der Waals surface area contributed by atoms with Crippen LogP contribution in [0.25, 0.3) is 39.1 Å². The first-order valence-corrected chi connectivity index (χ1v) is 13.7. The molecule has 43 heavy (non-hydrogen) atoms. The molecule has 3 saturated carbocycles. The molecule has 7 nitrogen and oxygen atoms in total. The summed E-state index contributed by atoms with van der Waals surface area (Å²) in [7, 11) is 3.12. The number of carbonyl (C=O) groups excluding carboxylic acids is 1. The topological polar surface area (TPSA) is 92.8 Å². The van der Waals surface area contributed by atoms with Gasteiger partial charge in [0, 0.05) is 41.0 Å². The number of fused-ring (bicyclic) bond motifs is 1. The molecular weight excluding hydrogens is 564 g/mol. The van der Waals surface area contributed by atoms with E-state index in [2.05, 4.69) is 17.2 Å². The van der Waals surface area contributed by atoms with Gasteiger partial charge in [0.25, 0.3) is 5.91 Å². The predicted molar refractivity (Wildman–Crippen MR) is 157 cm³/mol. The van der Waals surface area contributed by atoms with E-state index < -0.39 is 24.4 Å². The first-order chi connectivity index (χ1) is 20.4. The van der Waals surface area contributed by atoms with Gasteiger partial charge in [-0.2, -0.15) is 13.2 Å². The number of methoxy groups -OCH3 is 1. The fourth-order valence-electron chi connectivity index (χ4n) is 6.07. The third kappa shape index (κ3) is 4.97. The van der Waals surface area contributed by atoms with E-state index in [-0.39, 0.29) is 16.8 Å². The minimum atomic E-state index is -4.50. The highest BCUT2D eigenvalue weighted by Crippen LogP contribution is 2.60. The Bertz CT molecular complexity index is 1730. The Hall–Kier alpha value is -4.51. The number of carbonyl (C=O) groups is 1. The number of halogens is 4. The van der Waals surface area contributed by atoms with E-state index in [1.807, 2.05) is 0 Å². The number of anilines is 1. The maximum atomic E-state index is 13.7. The number of hydrazine groups is 1. The second-order valence-corrected chi connectivity index (χ2v) is 11.2. The number of rotatable bonds is 9. The van der Waals surface area contributed by atoms with E-state index in [0.717, 1.165) is 19.3 Å². The van der Waals surface area contributed by atoms with Crippen molar-refractivity contribution in [1.29, 1.82) is 0 Å². The number of nitrogens with one attached hydrogen (secondary N) is 2. The van der Waals surface area contributed by atoms with E-state index in [1.54, 1.807) is 43.4 Å². The van der Waals surface area contributed by atoms with Crippen molar-refractivity contribution < 1.29 is 31.5 Å². The van der Waals surface area contributed by atoms with Gasteiger partial charge in [-0.05, 0) is 73.2 Å². The number of furan rings is 1. The van der Waals surface area contributed by atoms with Crippen molar-refractivity contribution in [3.8, 4) is 28.2 Å². The van der Waals surface area contributed by atoms with E-state index >= 15 is 0 Å². The van der Waals surface area contributed by atoms with Gasteiger partial charge in [0.15, 0.2) is 0 Å². The van der Waals surface area contributed by atoms with E-state index in [0.29, 0.717) is 56.3 Å². The van der Waals surface area contributed by atoms with Crippen LogP contribution >= 0.6 is 0 Å². The van der Waals surface area contributed by atoms with Crippen molar-refractivity contribution in [3.05, 3.63) is 78.1 Å². The number of amides is 1. The lowest BCUT2D eigenvalue weighted by atomic mass is 9.49. The number of benzene rings is 3. The lowest BCUT2D eigenvalue weighted by Crippen LogP contribution is -2.71. The van der Waals surface area contributed by atoms with E-state index in [4.69, 9.17) is 15.0 Å². The summed E-state index contributed by atoms with van der Waals surface area (Å²) >= 11 is 0. The third-order valence-electron chi connectivity index (χ3n) is 8.49. The smallest absolute Gasteiger partial charge is 0.405 e. The zero-order valence-corrected chi connectivity index (χ0v) is 23.6. The Balaban J connectivity index is 1.52. The van der Waals surface area contributed by atoms with Crippen LogP contribution in [-0.4, -0.2) is 43.3 Å². The fraction of sp³-hybridized carbons (Fsp3) is 0.281. The Morgan fingerprint density at radius 2 is 1.79 bits per heavy atom. The normalized spacial score (nSPS) is 18.9. The summed E-state index contributed by atoms with van der Waals surface area (Å²) in [6, 6.07) is 13.7. The molecule has 0 unspecified atom stereocenters. The molecule has 4 N–H and O–H groups in total. The standard InChI is InChI=1S/C32H30F4N4O3/c1-17(38-2)28-23-11-22(20-6-9-26(42-3)24(10-20)30(41)40(37)31-13-18(14-31)15-31)25(39-16-32(34,35)36)12-27(23)43-29(28)19-4-7-21(33)8-5-19/h4-12,18,38-39H,1,13-16,37H2,2-3H3. The molecule has 3 fully saturated rings. The lowest BCUT2D eigenvalue weighted by Gasteiger charge is -2.64. The molecule has 1 aromatic heterocycles. The molecule has 0 aliphatic heterocycles. The van der Waals surface area contributed by atoms with Crippen molar-refractivity contribution in [2.75, 3.05) is 26.0 Å². The van der Waals surface area contributed by atoms with Crippen molar-refractivity contribution in [2.24, 2.45) is 11.8 Å². The third-order valence-corrected chi connectivity index (χ3v) is 8.49. The van der Waals surface area contributed by atoms with Crippen LogP contribution in [-0.2, 0) is 0 Å². The Kier molecular flexibility index (Phi) is 6.88. The molecule has 1 amide bonds.